The Hall–Kier alpha value is -1.54. The number of nitrogen functional groups attached to an aromatic ring is 1. The Labute approximate surface area is 95.8 Å². The zero-order valence-electron chi connectivity index (χ0n) is 7.87. The summed E-state index contributed by atoms with van der Waals surface area (Å²) in [5.74, 6) is 5.75. The third-order valence-electron chi connectivity index (χ3n) is 1.69. The molecule has 0 aliphatic heterocycles. The van der Waals surface area contributed by atoms with Gasteiger partial charge in [-0.3, -0.25) is 10.1 Å². The van der Waals surface area contributed by atoms with E-state index in [1.54, 1.807) is 6.07 Å². The van der Waals surface area contributed by atoms with E-state index in [-0.39, 0.29) is 5.69 Å². The third kappa shape index (κ3) is 3.26. The first-order valence-corrected chi connectivity index (χ1v) is 5.36. The highest BCUT2D eigenvalue weighted by Gasteiger charge is 2.06. The molecule has 0 saturated heterocycles. The lowest BCUT2D eigenvalue weighted by molar-refractivity contribution is -0.384. The smallest absolute Gasteiger partial charge is 0.271 e. The molecule has 4 nitrogen and oxygen atoms in total. The molecule has 0 fully saturated rings. The number of nitrogens with two attached hydrogens (primary N) is 1. The number of anilines is 1. The first-order valence-electron chi connectivity index (χ1n) is 4.24. The van der Waals surface area contributed by atoms with Crippen LogP contribution in [0.25, 0.3) is 0 Å². The quantitative estimate of drug-likeness (QED) is 0.294. The van der Waals surface area contributed by atoms with Gasteiger partial charge in [-0.05, 0) is 6.07 Å². The van der Waals surface area contributed by atoms with E-state index in [1.807, 2.05) is 0 Å². The fourth-order valence-corrected chi connectivity index (χ4v) is 1.18. The van der Waals surface area contributed by atoms with Crippen molar-refractivity contribution in [3.63, 3.8) is 0 Å². The van der Waals surface area contributed by atoms with Gasteiger partial charge >= 0.3 is 0 Å². The lowest BCUT2D eigenvalue weighted by Crippen LogP contribution is -1.94. The van der Waals surface area contributed by atoms with Crippen molar-refractivity contribution in [1.82, 2.24) is 0 Å². The standard InChI is InChI=1S/C10H9BrN2O2/c11-6-2-1-3-8-4-5-9(13(14)15)7-10(8)12/h4-5,7H,2,6,12H2. The molecule has 0 aromatic heterocycles. The predicted molar refractivity (Wildman–Crippen MR) is 62.8 cm³/mol. The van der Waals surface area contributed by atoms with Gasteiger partial charge in [0.2, 0.25) is 0 Å². The van der Waals surface area contributed by atoms with Gasteiger partial charge in [-0.15, -0.1) is 0 Å². The van der Waals surface area contributed by atoms with Crippen LogP contribution >= 0.6 is 15.9 Å². The summed E-state index contributed by atoms with van der Waals surface area (Å²) in [4.78, 5) is 9.95. The maximum absolute atomic E-state index is 10.4. The molecule has 78 valence electrons. The summed E-state index contributed by atoms with van der Waals surface area (Å²) >= 11 is 3.25. The van der Waals surface area contributed by atoms with Crippen molar-refractivity contribution >= 4 is 27.3 Å². The Balaban J connectivity index is 2.95. The SMILES string of the molecule is Nc1cc([N+](=O)[O-])ccc1C#CCCBr. The van der Waals surface area contributed by atoms with Crippen molar-refractivity contribution < 1.29 is 4.92 Å². The monoisotopic (exact) mass is 268 g/mol. The van der Waals surface area contributed by atoms with E-state index < -0.39 is 4.92 Å². The molecular formula is C10H9BrN2O2. The van der Waals surface area contributed by atoms with Gasteiger partial charge in [0, 0.05) is 29.4 Å². The van der Waals surface area contributed by atoms with Crippen LogP contribution in [-0.4, -0.2) is 10.3 Å². The Morgan fingerprint density at radius 1 is 1.53 bits per heavy atom. The zero-order valence-corrected chi connectivity index (χ0v) is 9.45. The molecule has 0 saturated carbocycles. The van der Waals surface area contributed by atoms with Gasteiger partial charge in [-0.2, -0.15) is 0 Å². The number of nitro groups is 1. The largest absolute Gasteiger partial charge is 0.398 e. The summed E-state index contributed by atoms with van der Waals surface area (Å²) in [6, 6.07) is 4.28. The number of benzene rings is 1. The summed E-state index contributed by atoms with van der Waals surface area (Å²) < 4.78 is 0. The summed E-state index contributed by atoms with van der Waals surface area (Å²) in [6.07, 6.45) is 0.719. The summed E-state index contributed by atoms with van der Waals surface area (Å²) in [6.45, 7) is 0. The number of halogens is 1. The molecule has 1 aromatic rings. The molecule has 1 rings (SSSR count). The minimum Gasteiger partial charge on any atom is -0.398 e. The fraction of sp³-hybridized carbons (Fsp3) is 0.200. The van der Waals surface area contributed by atoms with Crippen LogP contribution in [0.5, 0.6) is 0 Å². The van der Waals surface area contributed by atoms with Crippen LogP contribution in [0.1, 0.15) is 12.0 Å². The average molecular weight is 269 g/mol. The second-order valence-corrected chi connectivity index (χ2v) is 3.56. The van der Waals surface area contributed by atoms with Crippen molar-refractivity contribution in [3.05, 3.63) is 33.9 Å². The van der Waals surface area contributed by atoms with E-state index in [0.717, 1.165) is 11.8 Å². The molecule has 0 aliphatic carbocycles. The normalized spacial score (nSPS) is 9.13. The Morgan fingerprint density at radius 2 is 2.27 bits per heavy atom. The second-order valence-electron chi connectivity index (χ2n) is 2.77. The molecule has 1 aromatic carbocycles. The van der Waals surface area contributed by atoms with Gasteiger partial charge in [-0.25, -0.2) is 0 Å². The van der Waals surface area contributed by atoms with Crippen molar-refractivity contribution in [1.29, 1.82) is 0 Å². The van der Waals surface area contributed by atoms with Gasteiger partial charge < -0.3 is 5.73 Å². The maximum Gasteiger partial charge on any atom is 0.271 e. The molecule has 0 atom stereocenters. The van der Waals surface area contributed by atoms with Gasteiger partial charge in [0.05, 0.1) is 10.6 Å². The van der Waals surface area contributed by atoms with Gasteiger partial charge in [0.1, 0.15) is 0 Å². The van der Waals surface area contributed by atoms with E-state index >= 15 is 0 Å². The van der Waals surface area contributed by atoms with Crippen LogP contribution in [0.2, 0.25) is 0 Å². The number of hydrogen-bond acceptors (Lipinski definition) is 3. The highest BCUT2D eigenvalue weighted by molar-refractivity contribution is 9.09. The van der Waals surface area contributed by atoms with Crippen molar-refractivity contribution in [2.75, 3.05) is 11.1 Å². The Bertz CT molecular complexity index is 435. The molecule has 0 aliphatic rings. The van der Waals surface area contributed by atoms with Crippen LogP contribution in [-0.2, 0) is 0 Å². The molecule has 0 heterocycles. The highest BCUT2D eigenvalue weighted by atomic mass is 79.9. The van der Waals surface area contributed by atoms with Gasteiger partial charge in [0.25, 0.3) is 5.69 Å². The van der Waals surface area contributed by atoms with Crippen LogP contribution in [0, 0.1) is 22.0 Å². The first kappa shape index (κ1) is 11.5. The minimum atomic E-state index is -0.480. The number of nitrogens with zero attached hydrogens (tertiary/aromatic N) is 1. The molecule has 0 unspecified atom stereocenters. The molecule has 15 heavy (non-hydrogen) atoms. The lowest BCUT2D eigenvalue weighted by Gasteiger charge is -1.97. The number of alkyl halides is 1. The topological polar surface area (TPSA) is 69.2 Å². The zero-order chi connectivity index (χ0) is 11.3. The van der Waals surface area contributed by atoms with Crippen molar-refractivity contribution in [3.8, 4) is 11.8 Å². The summed E-state index contributed by atoms with van der Waals surface area (Å²) in [5.41, 5.74) is 6.57. The number of rotatable bonds is 2. The summed E-state index contributed by atoms with van der Waals surface area (Å²) in [5, 5.41) is 11.2. The Morgan fingerprint density at radius 3 is 2.80 bits per heavy atom. The molecule has 2 N–H and O–H groups in total. The van der Waals surface area contributed by atoms with Crippen LogP contribution in [0.4, 0.5) is 11.4 Å². The average Bonchev–Trinajstić information content (AvgIpc) is 2.20. The summed E-state index contributed by atoms with van der Waals surface area (Å²) in [7, 11) is 0. The van der Waals surface area contributed by atoms with Crippen LogP contribution in [0.3, 0.4) is 0 Å². The minimum absolute atomic E-state index is 0.0152. The second kappa shape index (κ2) is 5.37. The molecule has 5 heteroatoms. The van der Waals surface area contributed by atoms with E-state index in [1.165, 1.54) is 12.1 Å². The molecule has 0 amide bonds. The molecule has 0 bridgehead atoms. The van der Waals surface area contributed by atoms with E-state index in [9.17, 15) is 10.1 Å². The lowest BCUT2D eigenvalue weighted by atomic mass is 10.1. The number of hydrogen-bond donors (Lipinski definition) is 1. The van der Waals surface area contributed by atoms with Crippen LogP contribution < -0.4 is 5.73 Å². The first-order chi connectivity index (χ1) is 7.15. The van der Waals surface area contributed by atoms with E-state index in [0.29, 0.717) is 11.3 Å². The third-order valence-corrected chi connectivity index (χ3v) is 2.09. The molecule has 0 radical (unpaired) electrons. The molecular weight excluding hydrogens is 260 g/mol. The maximum atomic E-state index is 10.4. The van der Waals surface area contributed by atoms with Crippen LogP contribution in [0.15, 0.2) is 18.2 Å². The van der Waals surface area contributed by atoms with Crippen molar-refractivity contribution in [2.24, 2.45) is 0 Å². The highest BCUT2D eigenvalue weighted by Crippen LogP contribution is 2.18. The number of nitro benzene ring substituents is 1. The predicted octanol–water partition coefficient (Wildman–Crippen LogP) is 2.31. The molecule has 0 spiro atoms. The van der Waals surface area contributed by atoms with Crippen molar-refractivity contribution in [2.45, 2.75) is 6.42 Å². The number of non-ortho nitro benzene ring substituents is 1. The Kier molecular flexibility index (Phi) is 4.13. The van der Waals surface area contributed by atoms with E-state index in [4.69, 9.17) is 5.73 Å². The fourth-order valence-electron chi connectivity index (χ4n) is 0.982. The van der Waals surface area contributed by atoms with Gasteiger partial charge in [0.15, 0.2) is 0 Å². The van der Waals surface area contributed by atoms with Gasteiger partial charge in [-0.1, -0.05) is 27.8 Å². The van der Waals surface area contributed by atoms with E-state index in [2.05, 4.69) is 27.8 Å².